The van der Waals surface area contributed by atoms with Gasteiger partial charge < -0.3 is 10.0 Å². The van der Waals surface area contributed by atoms with Crippen LogP contribution in [0, 0.1) is 17.7 Å². The van der Waals surface area contributed by atoms with Crippen LogP contribution in [0.1, 0.15) is 10.4 Å². The summed E-state index contributed by atoms with van der Waals surface area (Å²) in [5.41, 5.74) is -0.830. The van der Waals surface area contributed by atoms with Crippen molar-refractivity contribution in [3.05, 3.63) is 29.6 Å². The molecule has 1 fully saturated rings. The zero-order chi connectivity index (χ0) is 19.9. The third-order valence-electron chi connectivity index (χ3n) is 3.85. The molecule has 1 aromatic rings. The molecule has 0 aromatic heterocycles. The van der Waals surface area contributed by atoms with Gasteiger partial charge in [-0.15, -0.1) is 0 Å². The topological polar surface area (TPSA) is 104 Å². The lowest BCUT2D eigenvalue weighted by molar-refractivity contribution is -0.187. The summed E-state index contributed by atoms with van der Waals surface area (Å²) in [7, 11) is -3.85. The second-order valence-electron chi connectivity index (χ2n) is 5.87. The molecule has 0 saturated carbocycles. The number of carboxylic acids is 1. The van der Waals surface area contributed by atoms with Crippen molar-refractivity contribution in [2.24, 2.45) is 11.8 Å². The molecule has 1 aromatic carbocycles. The van der Waals surface area contributed by atoms with Crippen LogP contribution in [0.25, 0.3) is 0 Å². The van der Waals surface area contributed by atoms with Gasteiger partial charge >= 0.3 is 12.1 Å². The summed E-state index contributed by atoms with van der Waals surface area (Å²) in [6, 6.07) is 2.50. The quantitative estimate of drug-likeness (QED) is 0.749. The lowest BCUT2D eigenvalue weighted by Crippen LogP contribution is -2.34. The Morgan fingerprint density at radius 2 is 1.88 bits per heavy atom. The lowest BCUT2D eigenvalue weighted by Gasteiger charge is -2.19. The van der Waals surface area contributed by atoms with Crippen LogP contribution in [-0.4, -0.2) is 55.8 Å². The number of hydrogen-bond acceptors (Lipinski definition) is 4. The van der Waals surface area contributed by atoms with E-state index in [1.54, 1.807) is 0 Å². The predicted molar refractivity (Wildman–Crippen MR) is 81.4 cm³/mol. The Hall–Kier alpha value is -2.37. The molecule has 2 rings (SSSR count). The number of carbonyl (C=O) groups is 2. The second-order valence-corrected chi connectivity index (χ2v) is 7.62. The third kappa shape index (κ3) is 4.42. The molecule has 1 aliphatic heterocycles. The maximum atomic E-state index is 13.5. The molecule has 2 atom stereocenters. The fourth-order valence-corrected chi connectivity index (χ4v) is 3.28. The van der Waals surface area contributed by atoms with Crippen LogP contribution in [0.3, 0.4) is 0 Å². The number of carbonyl (C=O) groups excluding carboxylic acids is 1. The van der Waals surface area contributed by atoms with E-state index in [9.17, 15) is 35.6 Å². The van der Waals surface area contributed by atoms with Gasteiger partial charge in [0.25, 0.3) is 5.91 Å². The zero-order valence-corrected chi connectivity index (χ0v) is 14.1. The number of nitrogens with zero attached hydrogens (tertiary/aromatic N) is 1. The molecule has 0 spiro atoms. The van der Waals surface area contributed by atoms with E-state index in [2.05, 4.69) is 0 Å². The van der Waals surface area contributed by atoms with E-state index in [1.807, 2.05) is 4.72 Å². The van der Waals surface area contributed by atoms with Crippen LogP contribution >= 0.6 is 0 Å². The lowest BCUT2D eigenvalue weighted by atomic mass is 9.96. The van der Waals surface area contributed by atoms with Gasteiger partial charge in [-0.25, -0.2) is 12.8 Å². The molecule has 26 heavy (non-hydrogen) atoms. The van der Waals surface area contributed by atoms with Crippen molar-refractivity contribution in [3.63, 3.8) is 0 Å². The van der Waals surface area contributed by atoms with E-state index in [0.29, 0.717) is 11.0 Å². The Balaban J connectivity index is 2.38. The summed E-state index contributed by atoms with van der Waals surface area (Å²) in [5.74, 6) is -7.86. The highest BCUT2D eigenvalue weighted by Gasteiger charge is 2.53. The zero-order valence-electron chi connectivity index (χ0n) is 13.2. The molecule has 0 radical (unpaired) electrons. The van der Waals surface area contributed by atoms with E-state index >= 15 is 0 Å². The van der Waals surface area contributed by atoms with Crippen molar-refractivity contribution in [1.82, 2.24) is 4.90 Å². The Morgan fingerprint density at radius 1 is 1.27 bits per heavy atom. The van der Waals surface area contributed by atoms with Crippen LogP contribution in [0.15, 0.2) is 18.2 Å². The number of nitrogens with one attached hydrogen (secondary N) is 1. The van der Waals surface area contributed by atoms with Gasteiger partial charge in [0, 0.05) is 13.1 Å². The maximum Gasteiger partial charge on any atom is 0.394 e. The Bertz CT molecular complexity index is 840. The predicted octanol–water partition coefficient (Wildman–Crippen LogP) is 1.53. The van der Waals surface area contributed by atoms with Gasteiger partial charge in [0.15, 0.2) is 0 Å². The first kappa shape index (κ1) is 19.9. The molecule has 0 bridgehead atoms. The van der Waals surface area contributed by atoms with Gasteiger partial charge in [-0.2, -0.15) is 13.2 Å². The SMILES string of the molecule is CS(=O)(=O)Nc1ccc(F)cc1C(=O)N1C[C@@H](C(F)(F)F)[C@H](C(=O)O)C1. The first-order valence-corrected chi connectivity index (χ1v) is 9.05. The number of aliphatic carboxylic acids is 1. The van der Waals surface area contributed by atoms with Crippen molar-refractivity contribution in [2.75, 3.05) is 24.1 Å². The fourth-order valence-electron chi connectivity index (χ4n) is 2.70. The smallest absolute Gasteiger partial charge is 0.394 e. The monoisotopic (exact) mass is 398 g/mol. The Kier molecular flexibility index (Phi) is 5.17. The number of anilines is 1. The third-order valence-corrected chi connectivity index (χ3v) is 4.44. The highest BCUT2D eigenvalue weighted by molar-refractivity contribution is 7.92. The van der Waals surface area contributed by atoms with Crippen LogP contribution in [0.4, 0.5) is 23.2 Å². The van der Waals surface area contributed by atoms with Gasteiger partial charge in [0.05, 0.1) is 29.3 Å². The summed E-state index contributed by atoms with van der Waals surface area (Å²) in [4.78, 5) is 24.2. The number of hydrogen-bond donors (Lipinski definition) is 2. The van der Waals surface area contributed by atoms with E-state index < -0.39 is 64.4 Å². The van der Waals surface area contributed by atoms with Crippen LogP contribution in [-0.2, 0) is 14.8 Å². The van der Waals surface area contributed by atoms with Crippen molar-refractivity contribution < 1.29 is 40.7 Å². The molecular formula is C14H14F4N2O5S. The Labute approximate surface area is 145 Å². The number of alkyl halides is 3. The van der Waals surface area contributed by atoms with Crippen molar-refractivity contribution >= 4 is 27.6 Å². The first-order chi connectivity index (χ1) is 11.8. The summed E-state index contributed by atoms with van der Waals surface area (Å²) in [6.45, 7) is -1.65. The fraction of sp³-hybridized carbons (Fsp3) is 0.429. The maximum absolute atomic E-state index is 13.5. The van der Waals surface area contributed by atoms with Gasteiger partial charge in [-0.1, -0.05) is 0 Å². The highest BCUT2D eigenvalue weighted by atomic mass is 32.2. The molecule has 1 amide bonds. The van der Waals surface area contributed by atoms with Crippen molar-refractivity contribution in [1.29, 1.82) is 0 Å². The summed E-state index contributed by atoms with van der Waals surface area (Å²) in [5, 5.41) is 8.98. The molecule has 1 heterocycles. The number of halogens is 4. The molecule has 1 saturated heterocycles. The number of sulfonamides is 1. The van der Waals surface area contributed by atoms with Crippen LogP contribution < -0.4 is 4.72 Å². The molecular weight excluding hydrogens is 384 g/mol. The van der Waals surface area contributed by atoms with E-state index in [-0.39, 0.29) is 5.69 Å². The first-order valence-electron chi connectivity index (χ1n) is 7.15. The molecule has 144 valence electrons. The Morgan fingerprint density at radius 3 is 2.35 bits per heavy atom. The average Bonchev–Trinajstić information content (AvgIpc) is 2.92. The van der Waals surface area contributed by atoms with E-state index in [4.69, 9.17) is 5.11 Å². The van der Waals surface area contributed by atoms with Gasteiger partial charge in [0.2, 0.25) is 10.0 Å². The van der Waals surface area contributed by atoms with Gasteiger partial charge in [-0.3, -0.25) is 14.3 Å². The van der Waals surface area contributed by atoms with Crippen molar-refractivity contribution in [3.8, 4) is 0 Å². The minimum absolute atomic E-state index is 0.318. The molecule has 0 unspecified atom stereocenters. The molecule has 2 N–H and O–H groups in total. The van der Waals surface area contributed by atoms with E-state index in [1.165, 1.54) is 0 Å². The van der Waals surface area contributed by atoms with E-state index in [0.717, 1.165) is 18.4 Å². The number of rotatable bonds is 4. The summed E-state index contributed by atoms with van der Waals surface area (Å²) >= 11 is 0. The molecule has 7 nitrogen and oxygen atoms in total. The molecule has 0 aliphatic carbocycles. The van der Waals surface area contributed by atoms with Crippen LogP contribution in [0.5, 0.6) is 0 Å². The minimum atomic E-state index is -4.84. The summed E-state index contributed by atoms with van der Waals surface area (Å²) in [6.07, 6.45) is -4.06. The van der Waals surface area contributed by atoms with Gasteiger partial charge in [0.1, 0.15) is 5.82 Å². The number of carboxylic acid groups (broad SMARTS) is 1. The standard InChI is InChI=1S/C14H14F4N2O5S/c1-26(24,25)19-11-3-2-7(15)4-8(11)12(21)20-5-9(13(22)23)10(6-20)14(16,17)18/h2-4,9-10,19H,5-6H2,1H3,(H,22,23)/t9-,10-/m1/s1. The van der Waals surface area contributed by atoms with Gasteiger partial charge in [-0.05, 0) is 18.2 Å². The number of likely N-dealkylation sites (tertiary alicyclic amines) is 1. The minimum Gasteiger partial charge on any atom is -0.481 e. The normalized spacial score (nSPS) is 20.9. The van der Waals surface area contributed by atoms with Crippen molar-refractivity contribution in [2.45, 2.75) is 6.18 Å². The summed E-state index contributed by atoms with van der Waals surface area (Å²) < 4.78 is 77.2. The second kappa shape index (κ2) is 6.74. The van der Waals surface area contributed by atoms with Crippen LogP contribution in [0.2, 0.25) is 0 Å². The molecule has 1 aliphatic rings. The average molecular weight is 398 g/mol. The number of benzene rings is 1. The number of amides is 1. The molecule has 12 heteroatoms. The largest absolute Gasteiger partial charge is 0.481 e. The highest BCUT2D eigenvalue weighted by Crippen LogP contribution is 2.38.